The van der Waals surface area contributed by atoms with E-state index < -0.39 is 0 Å². The van der Waals surface area contributed by atoms with E-state index in [0.717, 1.165) is 18.3 Å². The average Bonchev–Trinajstić information content (AvgIpc) is 2.17. The lowest BCUT2D eigenvalue weighted by atomic mass is 9.69. The van der Waals surface area contributed by atoms with Crippen molar-refractivity contribution >= 4 is 0 Å². The quantitative estimate of drug-likeness (QED) is 0.549. The van der Waals surface area contributed by atoms with Crippen molar-refractivity contribution in [2.24, 2.45) is 17.8 Å². The third kappa shape index (κ3) is 1.95. The van der Waals surface area contributed by atoms with Gasteiger partial charge in [-0.05, 0) is 44.1 Å². The fourth-order valence-electron chi connectivity index (χ4n) is 2.91. The van der Waals surface area contributed by atoms with Crippen molar-refractivity contribution in [3.05, 3.63) is 34.9 Å². The smallest absolute Gasteiger partial charge is 0.00538 e. The third-order valence-electron chi connectivity index (χ3n) is 3.94. The van der Waals surface area contributed by atoms with Crippen LogP contribution in [0.25, 0.3) is 0 Å². The fraction of sp³-hybridized carbons (Fsp3) is 0.600. The summed E-state index contributed by atoms with van der Waals surface area (Å²) in [4.78, 5) is 0. The van der Waals surface area contributed by atoms with Crippen LogP contribution in [0.1, 0.15) is 40.5 Å². The van der Waals surface area contributed by atoms with E-state index in [1.54, 1.807) is 11.1 Å². The molecule has 0 N–H and O–H groups in total. The van der Waals surface area contributed by atoms with Crippen LogP contribution in [0, 0.1) is 17.8 Å². The lowest BCUT2D eigenvalue weighted by molar-refractivity contribution is 0.317. The molecule has 0 aliphatic heterocycles. The van der Waals surface area contributed by atoms with Gasteiger partial charge in [0.05, 0.1) is 0 Å². The number of allylic oxidation sites excluding steroid dienone is 6. The van der Waals surface area contributed by atoms with Gasteiger partial charge in [0.2, 0.25) is 0 Å². The largest absolute Gasteiger partial charge is 0.0810 e. The molecule has 2 aliphatic rings. The molecule has 0 saturated carbocycles. The molecule has 0 nitrogen and oxygen atoms in total. The molecule has 15 heavy (non-hydrogen) atoms. The molecule has 2 aliphatic carbocycles. The average molecular weight is 202 g/mol. The molecule has 0 spiro atoms. The molecule has 2 rings (SSSR count). The number of rotatable bonds is 1. The summed E-state index contributed by atoms with van der Waals surface area (Å²) in [6.07, 6.45) is 9.80. The Morgan fingerprint density at radius 1 is 1.20 bits per heavy atom. The predicted octanol–water partition coefficient (Wildman–Crippen LogP) is 4.50. The van der Waals surface area contributed by atoms with Crippen LogP contribution in [0.4, 0.5) is 0 Å². The molecule has 0 aromatic rings. The van der Waals surface area contributed by atoms with Crippen LogP contribution >= 0.6 is 0 Å². The van der Waals surface area contributed by atoms with Crippen molar-refractivity contribution in [1.82, 2.24) is 0 Å². The molecule has 2 atom stereocenters. The standard InChI is InChI=1S/C15H22/c1-10(2)13-8-6-12(4)14-7-5-11(3)9-15(13)14/h6-7,9-10,13,15H,5,8H2,1-4H3/t13-,15?/m0/s1. The highest BCUT2D eigenvalue weighted by Crippen LogP contribution is 2.42. The summed E-state index contributed by atoms with van der Waals surface area (Å²) in [6.45, 7) is 9.24. The normalized spacial score (nSPS) is 30.6. The van der Waals surface area contributed by atoms with Gasteiger partial charge in [-0.1, -0.05) is 43.2 Å². The molecule has 0 heterocycles. The second kappa shape index (κ2) is 4.00. The van der Waals surface area contributed by atoms with Crippen LogP contribution < -0.4 is 0 Å². The van der Waals surface area contributed by atoms with Crippen molar-refractivity contribution in [3.63, 3.8) is 0 Å². The summed E-state index contributed by atoms with van der Waals surface area (Å²) in [5.41, 5.74) is 4.66. The molecule has 0 amide bonds. The molecule has 0 fully saturated rings. The van der Waals surface area contributed by atoms with E-state index in [2.05, 4.69) is 45.9 Å². The van der Waals surface area contributed by atoms with Crippen LogP contribution in [-0.2, 0) is 0 Å². The molecule has 1 unspecified atom stereocenters. The van der Waals surface area contributed by atoms with Crippen molar-refractivity contribution < 1.29 is 0 Å². The minimum atomic E-state index is 0.698. The van der Waals surface area contributed by atoms with Gasteiger partial charge in [-0.25, -0.2) is 0 Å². The maximum atomic E-state index is 2.51. The monoisotopic (exact) mass is 202 g/mol. The van der Waals surface area contributed by atoms with Crippen LogP contribution in [0.3, 0.4) is 0 Å². The van der Waals surface area contributed by atoms with E-state index in [1.165, 1.54) is 12.0 Å². The van der Waals surface area contributed by atoms with Crippen molar-refractivity contribution in [2.45, 2.75) is 40.5 Å². The molecule has 0 saturated heterocycles. The van der Waals surface area contributed by atoms with Gasteiger partial charge in [0.25, 0.3) is 0 Å². The molecular weight excluding hydrogens is 180 g/mol. The first kappa shape index (κ1) is 10.7. The Kier molecular flexibility index (Phi) is 2.86. The first-order valence-corrected chi connectivity index (χ1v) is 6.14. The van der Waals surface area contributed by atoms with Crippen molar-refractivity contribution in [2.75, 3.05) is 0 Å². The van der Waals surface area contributed by atoms with Crippen LogP contribution in [0.5, 0.6) is 0 Å². The summed E-state index contributed by atoms with van der Waals surface area (Å²) in [5.74, 6) is 2.30. The Morgan fingerprint density at radius 3 is 2.60 bits per heavy atom. The molecule has 0 heteroatoms. The molecule has 0 bridgehead atoms. The van der Waals surface area contributed by atoms with Gasteiger partial charge < -0.3 is 0 Å². The van der Waals surface area contributed by atoms with E-state index >= 15 is 0 Å². The number of hydrogen-bond acceptors (Lipinski definition) is 0. The highest BCUT2D eigenvalue weighted by Gasteiger charge is 2.30. The molecule has 0 radical (unpaired) electrons. The highest BCUT2D eigenvalue weighted by molar-refractivity contribution is 5.41. The second-order valence-electron chi connectivity index (χ2n) is 5.43. The van der Waals surface area contributed by atoms with Gasteiger partial charge in [0, 0.05) is 5.92 Å². The van der Waals surface area contributed by atoms with Crippen molar-refractivity contribution in [1.29, 1.82) is 0 Å². The van der Waals surface area contributed by atoms with Crippen LogP contribution in [0.2, 0.25) is 0 Å². The van der Waals surface area contributed by atoms with E-state index in [-0.39, 0.29) is 0 Å². The Hall–Kier alpha value is -0.780. The van der Waals surface area contributed by atoms with E-state index in [9.17, 15) is 0 Å². The predicted molar refractivity (Wildman–Crippen MR) is 66.6 cm³/mol. The molecular formula is C15H22. The molecule has 0 aromatic heterocycles. The second-order valence-corrected chi connectivity index (χ2v) is 5.43. The van der Waals surface area contributed by atoms with Gasteiger partial charge in [-0.15, -0.1) is 0 Å². The first-order chi connectivity index (χ1) is 7.09. The summed E-state index contributed by atoms with van der Waals surface area (Å²) in [6, 6.07) is 0. The Balaban J connectivity index is 2.34. The van der Waals surface area contributed by atoms with E-state index in [0.29, 0.717) is 5.92 Å². The van der Waals surface area contributed by atoms with Crippen LogP contribution in [-0.4, -0.2) is 0 Å². The zero-order valence-electron chi connectivity index (χ0n) is 10.4. The third-order valence-corrected chi connectivity index (χ3v) is 3.94. The summed E-state index contributed by atoms with van der Waals surface area (Å²) in [7, 11) is 0. The van der Waals surface area contributed by atoms with Gasteiger partial charge in [-0.3, -0.25) is 0 Å². The summed E-state index contributed by atoms with van der Waals surface area (Å²) < 4.78 is 0. The minimum Gasteiger partial charge on any atom is -0.0810 e. The van der Waals surface area contributed by atoms with Gasteiger partial charge in [0.1, 0.15) is 0 Å². The maximum absolute atomic E-state index is 2.51. The summed E-state index contributed by atoms with van der Waals surface area (Å²) in [5, 5.41) is 0. The first-order valence-electron chi connectivity index (χ1n) is 6.14. The lowest BCUT2D eigenvalue weighted by Crippen LogP contribution is -2.25. The topological polar surface area (TPSA) is 0 Å². The Bertz CT molecular complexity index is 339. The Morgan fingerprint density at radius 2 is 1.93 bits per heavy atom. The molecule has 82 valence electrons. The molecule has 0 aromatic carbocycles. The van der Waals surface area contributed by atoms with E-state index in [4.69, 9.17) is 0 Å². The zero-order valence-corrected chi connectivity index (χ0v) is 10.4. The van der Waals surface area contributed by atoms with E-state index in [1.807, 2.05) is 0 Å². The lowest BCUT2D eigenvalue weighted by Gasteiger charge is -2.36. The van der Waals surface area contributed by atoms with Crippen molar-refractivity contribution in [3.8, 4) is 0 Å². The van der Waals surface area contributed by atoms with Gasteiger partial charge in [-0.2, -0.15) is 0 Å². The van der Waals surface area contributed by atoms with Crippen LogP contribution in [0.15, 0.2) is 34.9 Å². The van der Waals surface area contributed by atoms with Gasteiger partial charge in [0.15, 0.2) is 0 Å². The van der Waals surface area contributed by atoms with Gasteiger partial charge >= 0.3 is 0 Å². The Labute approximate surface area is 93.8 Å². The fourth-order valence-corrected chi connectivity index (χ4v) is 2.91. The highest BCUT2D eigenvalue weighted by atomic mass is 14.3. The number of fused-ring (bicyclic) bond motifs is 1. The zero-order chi connectivity index (χ0) is 11.0. The summed E-state index contributed by atoms with van der Waals surface area (Å²) >= 11 is 0. The SMILES string of the molecule is CC1=CC2C(=CC1)C(C)=CC[C@H]2C(C)C. The maximum Gasteiger partial charge on any atom is 0.00538 e. The number of hydrogen-bond donors (Lipinski definition) is 0. The minimum absolute atomic E-state index is 0.698.